The second-order valence-corrected chi connectivity index (χ2v) is 8.87. The molecule has 1 aromatic carbocycles. The standard InChI is InChI=1S/C24H33N3O/c1-3-4-5-6-21-12-22(18(2)26-23(21)25)11-19-7-9-20(10-8-19)13-27-14-24(15-27)16-28-17-24/h7-10,12H,3-6,11,13-17H2,1-2H3,(H2,25,26). The second kappa shape index (κ2) is 8.22. The van der Waals surface area contributed by atoms with Crippen LogP contribution in [0.4, 0.5) is 5.82 Å². The third-order valence-corrected chi connectivity index (χ3v) is 6.24. The van der Waals surface area contributed by atoms with Crippen LogP contribution in [-0.2, 0) is 24.1 Å². The van der Waals surface area contributed by atoms with Crippen molar-refractivity contribution in [2.45, 2.75) is 52.5 Å². The third kappa shape index (κ3) is 4.23. The first kappa shape index (κ1) is 19.4. The molecule has 28 heavy (non-hydrogen) atoms. The van der Waals surface area contributed by atoms with Gasteiger partial charge in [-0.2, -0.15) is 0 Å². The van der Waals surface area contributed by atoms with Crippen LogP contribution in [0.2, 0.25) is 0 Å². The summed E-state index contributed by atoms with van der Waals surface area (Å²) in [5.74, 6) is 0.705. The van der Waals surface area contributed by atoms with Gasteiger partial charge in [-0.05, 0) is 48.4 Å². The van der Waals surface area contributed by atoms with Crippen LogP contribution < -0.4 is 5.73 Å². The fraction of sp³-hybridized carbons (Fsp3) is 0.542. The molecule has 1 aromatic heterocycles. The minimum Gasteiger partial charge on any atom is -0.383 e. The van der Waals surface area contributed by atoms with Gasteiger partial charge in [0.15, 0.2) is 0 Å². The second-order valence-electron chi connectivity index (χ2n) is 8.87. The third-order valence-electron chi connectivity index (χ3n) is 6.24. The first-order chi connectivity index (χ1) is 13.6. The maximum absolute atomic E-state index is 6.16. The van der Waals surface area contributed by atoms with Crippen LogP contribution in [0.5, 0.6) is 0 Å². The number of anilines is 1. The van der Waals surface area contributed by atoms with Crippen LogP contribution in [0.3, 0.4) is 0 Å². The maximum Gasteiger partial charge on any atom is 0.126 e. The van der Waals surface area contributed by atoms with Gasteiger partial charge in [-0.1, -0.05) is 50.1 Å². The van der Waals surface area contributed by atoms with E-state index in [0.717, 1.165) is 38.3 Å². The molecule has 0 unspecified atom stereocenters. The van der Waals surface area contributed by atoms with Gasteiger partial charge in [0.2, 0.25) is 0 Å². The number of benzene rings is 1. The average Bonchev–Trinajstić information content (AvgIpc) is 2.61. The van der Waals surface area contributed by atoms with Gasteiger partial charge in [-0.25, -0.2) is 4.98 Å². The van der Waals surface area contributed by atoms with Crippen LogP contribution in [0, 0.1) is 12.3 Å². The highest BCUT2D eigenvalue weighted by Gasteiger charge is 2.48. The van der Waals surface area contributed by atoms with E-state index in [0.29, 0.717) is 11.2 Å². The Bertz CT molecular complexity index is 803. The lowest BCUT2D eigenvalue weighted by Gasteiger charge is -2.55. The van der Waals surface area contributed by atoms with Crippen molar-refractivity contribution < 1.29 is 4.74 Å². The molecule has 150 valence electrons. The van der Waals surface area contributed by atoms with Crippen molar-refractivity contribution >= 4 is 5.82 Å². The van der Waals surface area contributed by atoms with E-state index in [2.05, 4.69) is 54.1 Å². The van der Waals surface area contributed by atoms with Gasteiger partial charge < -0.3 is 10.5 Å². The predicted octanol–water partition coefficient (Wildman–Crippen LogP) is 4.13. The van der Waals surface area contributed by atoms with E-state index in [-0.39, 0.29) is 0 Å². The summed E-state index contributed by atoms with van der Waals surface area (Å²) in [6, 6.07) is 11.4. The monoisotopic (exact) mass is 379 g/mol. The number of unbranched alkanes of at least 4 members (excludes halogenated alkanes) is 2. The van der Waals surface area contributed by atoms with Gasteiger partial charge in [0.25, 0.3) is 0 Å². The number of nitrogens with zero attached hydrogens (tertiary/aromatic N) is 2. The molecule has 4 nitrogen and oxygen atoms in total. The topological polar surface area (TPSA) is 51.4 Å². The summed E-state index contributed by atoms with van der Waals surface area (Å²) in [7, 11) is 0. The van der Waals surface area contributed by atoms with Crippen LogP contribution in [-0.4, -0.2) is 36.2 Å². The molecule has 2 aromatic rings. The number of rotatable bonds is 8. The summed E-state index contributed by atoms with van der Waals surface area (Å²) in [6.45, 7) is 9.63. The summed E-state index contributed by atoms with van der Waals surface area (Å²) in [6.07, 6.45) is 5.61. The molecule has 0 saturated carbocycles. The van der Waals surface area contributed by atoms with Crippen LogP contribution in [0.15, 0.2) is 30.3 Å². The minimum absolute atomic E-state index is 0.495. The lowest BCUT2D eigenvalue weighted by molar-refractivity contribution is -0.191. The number of ether oxygens (including phenoxy) is 1. The van der Waals surface area contributed by atoms with E-state index >= 15 is 0 Å². The molecule has 0 radical (unpaired) electrons. The molecule has 2 fully saturated rings. The van der Waals surface area contributed by atoms with E-state index in [1.54, 1.807) is 0 Å². The molecule has 0 amide bonds. The molecule has 3 heterocycles. The smallest absolute Gasteiger partial charge is 0.126 e. The maximum atomic E-state index is 6.16. The molecular weight excluding hydrogens is 346 g/mol. The van der Waals surface area contributed by atoms with Gasteiger partial charge in [0.1, 0.15) is 5.82 Å². The normalized spacial score (nSPS) is 18.1. The molecule has 4 rings (SSSR count). The van der Waals surface area contributed by atoms with Crippen LogP contribution in [0.1, 0.15) is 54.1 Å². The number of hydrogen-bond acceptors (Lipinski definition) is 4. The Kier molecular flexibility index (Phi) is 5.70. The fourth-order valence-corrected chi connectivity index (χ4v) is 4.49. The lowest BCUT2D eigenvalue weighted by Crippen LogP contribution is -2.65. The van der Waals surface area contributed by atoms with Crippen molar-refractivity contribution in [3.8, 4) is 0 Å². The Morgan fingerprint density at radius 3 is 2.43 bits per heavy atom. The molecule has 0 bridgehead atoms. The van der Waals surface area contributed by atoms with Crippen molar-refractivity contribution in [3.63, 3.8) is 0 Å². The Labute approximate surface area is 169 Å². The highest BCUT2D eigenvalue weighted by molar-refractivity contribution is 5.45. The first-order valence-corrected chi connectivity index (χ1v) is 10.7. The number of pyridine rings is 1. The molecule has 2 aliphatic heterocycles. The first-order valence-electron chi connectivity index (χ1n) is 10.7. The number of nitrogen functional groups attached to an aromatic ring is 1. The summed E-state index contributed by atoms with van der Waals surface area (Å²) in [5, 5.41) is 0. The SMILES string of the molecule is CCCCCc1cc(Cc2ccc(CN3CC4(COC4)C3)cc2)c(C)nc1N. The molecule has 0 atom stereocenters. The molecule has 1 spiro atoms. The largest absolute Gasteiger partial charge is 0.383 e. The summed E-state index contributed by atoms with van der Waals surface area (Å²) >= 11 is 0. The van der Waals surface area contributed by atoms with E-state index in [1.165, 1.54) is 54.6 Å². The number of aryl methyl sites for hydroxylation is 2. The summed E-state index contributed by atoms with van der Waals surface area (Å²) < 4.78 is 5.36. The molecular formula is C24H33N3O. The van der Waals surface area contributed by atoms with Crippen molar-refractivity contribution in [1.82, 2.24) is 9.88 Å². The van der Waals surface area contributed by atoms with Gasteiger partial charge in [0, 0.05) is 30.7 Å². The average molecular weight is 380 g/mol. The van der Waals surface area contributed by atoms with Gasteiger partial charge in [-0.15, -0.1) is 0 Å². The molecule has 2 aliphatic rings. The highest BCUT2D eigenvalue weighted by atomic mass is 16.5. The zero-order valence-electron chi connectivity index (χ0n) is 17.3. The van der Waals surface area contributed by atoms with Crippen molar-refractivity contribution in [1.29, 1.82) is 0 Å². The molecule has 2 saturated heterocycles. The number of likely N-dealkylation sites (tertiary alicyclic amines) is 1. The van der Waals surface area contributed by atoms with Gasteiger partial charge in [0.05, 0.1) is 13.2 Å². The Morgan fingerprint density at radius 1 is 1.07 bits per heavy atom. The van der Waals surface area contributed by atoms with E-state index < -0.39 is 0 Å². The fourth-order valence-electron chi connectivity index (χ4n) is 4.49. The lowest BCUT2D eigenvalue weighted by atomic mass is 9.78. The summed E-state index contributed by atoms with van der Waals surface area (Å²) in [5.41, 5.74) is 12.9. The van der Waals surface area contributed by atoms with E-state index in [1.807, 2.05) is 0 Å². The van der Waals surface area contributed by atoms with E-state index in [9.17, 15) is 0 Å². The van der Waals surface area contributed by atoms with Gasteiger partial charge in [-0.3, -0.25) is 4.90 Å². The molecule has 0 aliphatic carbocycles. The van der Waals surface area contributed by atoms with Crippen molar-refractivity contribution in [2.75, 3.05) is 32.0 Å². The molecule has 2 N–H and O–H groups in total. The van der Waals surface area contributed by atoms with Gasteiger partial charge >= 0.3 is 0 Å². The predicted molar refractivity (Wildman–Crippen MR) is 114 cm³/mol. The Balaban J connectivity index is 1.36. The molecule has 4 heteroatoms. The number of nitrogens with two attached hydrogens (primary N) is 1. The highest BCUT2D eigenvalue weighted by Crippen LogP contribution is 2.38. The van der Waals surface area contributed by atoms with E-state index in [4.69, 9.17) is 10.5 Å². The summed E-state index contributed by atoms with van der Waals surface area (Å²) in [4.78, 5) is 7.13. The van der Waals surface area contributed by atoms with Crippen molar-refractivity contribution in [3.05, 3.63) is 58.3 Å². The van der Waals surface area contributed by atoms with Crippen LogP contribution >= 0.6 is 0 Å². The quantitative estimate of drug-likeness (QED) is 0.701. The zero-order valence-corrected chi connectivity index (χ0v) is 17.3. The van der Waals surface area contributed by atoms with Crippen LogP contribution in [0.25, 0.3) is 0 Å². The zero-order chi connectivity index (χ0) is 19.6. The minimum atomic E-state index is 0.495. The number of aromatic nitrogens is 1. The Hall–Kier alpha value is -1.91. The van der Waals surface area contributed by atoms with Crippen molar-refractivity contribution in [2.24, 2.45) is 5.41 Å². The Morgan fingerprint density at radius 2 is 1.79 bits per heavy atom. The number of hydrogen-bond donors (Lipinski definition) is 1.